The summed E-state index contributed by atoms with van der Waals surface area (Å²) in [6, 6.07) is 10.7. The third kappa shape index (κ3) is 5.35. The molecule has 2 N–H and O–H groups in total. The molecule has 0 aliphatic rings. The molecule has 0 aliphatic heterocycles. The van der Waals surface area contributed by atoms with Crippen LogP contribution in [0.5, 0.6) is 0 Å². The van der Waals surface area contributed by atoms with Crippen LogP contribution in [0, 0.1) is 0 Å². The van der Waals surface area contributed by atoms with Crippen molar-refractivity contribution >= 4 is 39.1 Å². The second-order valence-electron chi connectivity index (χ2n) is 6.23. The van der Waals surface area contributed by atoms with E-state index in [0.29, 0.717) is 16.1 Å². The summed E-state index contributed by atoms with van der Waals surface area (Å²) in [6.07, 6.45) is -1.24. The summed E-state index contributed by atoms with van der Waals surface area (Å²) >= 11 is 12.0. The van der Waals surface area contributed by atoms with Gasteiger partial charge in [-0.15, -0.1) is 0 Å². The zero-order valence-corrected chi connectivity index (χ0v) is 17.0. The molecule has 0 aliphatic carbocycles. The lowest BCUT2D eigenvalue weighted by atomic mass is 9.88. The van der Waals surface area contributed by atoms with Crippen molar-refractivity contribution in [1.82, 2.24) is 4.90 Å². The number of benzene rings is 2. The van der Waals surface area contributed by atoms with Crippen molar-refractivity contribution in [2.45, 2.75) is 16.9 Å². The van der Waals surface area contributed by atoms with Gasteiger partial charge in [0.25, 0.3) is 0 Å². The van der Waals surface area contributed by atoms with E-state index in [1.807, 2.05) is 0 Å². The highest BCUT2D eigenvalue weighted by Crippen LogP contribution is 2.35. The first-order valence-electron chi connectivity index (χ1n) is 7.87. The first kappa shape index (κ1) is 21.5. The monoisotopic (exact) mass is 431 g/mol. The van der Waals surface area contributed by atoms with Gasteiger partial charge >= 0.3 is 6.09 Å². The average Bonchev–Trinajstić information content (AvgIpc) is 2.60. The number of aliphatic hydroxyl groups is 1. The first-order valence-corrected chi connectivity index (χ1v) is 10.5. The van der Waals surface area contributed by atoms with Crippen molar-refractivity contribution < 1.29 is 23.4 Å². The van der Waals surface area contributed by atoms with Crippen LogP contribution in [0.15, 0.2) is 47.4 Å². The number of aliphatic hydroxyl groups excluding tert-OH is 1. The second-order valence-corrected chi connectivity index (χ2v) is 9.06. The van der Waals surface area contributed by atoms with E-state index < -0.39 is 28.0 Å². The number of nitrogens with zero attached hydrogens (tertiary/aromatic N) is 1. The van der Waals surface area contributed by atoms with Crippen LogP contribution in [0.2, 0.25) is 10.0 Å². The van der Waals surface area contributed by atoms with Gasteiger partial charge in [-0.1, -0.05) is 41.4 Å². The SMILES string of the molecule is CN(C[C@@H](c1ccc(Cl)c(Cl)c1)[C@@H](O)c1cccc(S(C)(=O)=O)c1)C(=O)O. The number of carboxylic acid groups (broad SMARTS) is 1. The van der Waals surface area contributed by atoms with Gasteiger partial charge in [0, 0.05) is 25.8 Å². The molecule has 0 radical (unpaired) electrons. The molecule has 0 unspecified atom stereocenters. The lowest BCUT2D eigenvalue weighted by Crippen LogP contribution is -2.32. The molecular formula is C18H19Cl2NO5S. The Kier molecular flexibility index (Phi) is 6.75. The fraction of sp³-hybridized carbons (Fsp3) is 0.278. The zero-order valence-electron chi connectivity index (χ0n) is 14.6. The normalized spacial score (nSPS) is 13.8. The van der Waals surface area contributed by atoms with Gasteiger partial charge in [0.05, 0.1) is 21.0 Å². The van der Waals surface area contributed by atoms with Crippen LogP contribution >= 0.6 is 23.2 Å². The van der Waals surface area contributed by atoms with Crippen LogP contribution in [0.3, 0.4) is 0 Å². The van der Waals surface area contributed by atoms with Crippen LogP contribution < -0.4 is 0 Å². The molecule has 0 bridgehead atoms. The fourth-order valence-electron chi connectivity index (χ4n) is 2.67. The molecule has 9 heteroatoms. The van der Waals surface area contributed by atoms with Crippen molar-refractivity contribution in [3.63, 3.8) is 0 Å². The van der Waals surface area contributed by atoms with Crippen LogP contribution in [0.25, 0.3) is 0 Å². The quantitative estimate of drug-likeness (QED) is 0.724. The summed E-state index contributed by atoms with van der Waals surface area (Å²) in [6.45, 7) is -0.0302. The largest absolute Gasteiger partial charge is 0.465 e. The van der Waals surface area contributed by atoms with Gasteiger partial charge in [-0.3, -0.25) is 0 Å². The Balaban J connectivity index is 2.49. The molecule has 27 heavy (non-hydrogen) atoms. The standard InChI is InChI=1S/C18H19Cl2NO5S/c1-21(18(23)24)10-14(11-6-7-15(19)16(20)9-11)17(22)12-4-3-5-13(8-12)27(2,25)26/h3-9,14,17,22H,10H2,1-2H3,(H,23,24)/t14-,17-/m0/s1. The topological polar surface area (TPSA) is 94.9 Å². The molecule has 0 saturated heterocycles. The molecule has 0 aromatic heterocycles. The Morgan fingerprint density at radius 3 is 2.33 bits per heavy atom. The third-order valence-electron chi connectivity index (χ3n) is 4.18. The summed E-state index contributed by atoms with van der Waals surface area (Å²) in [5.74, 6) is -0.685. The van der Waals surface area contributed by atoms with E-state index in [1.54, 1.807) is 24.3 Å². The number of sulfone groups is 1. The number of carbonyl (C=O) groups is 1. The Morgan fingerprint density at radius 2 is 1.78 bits per heavy atom. The summed E-state index contributed by atoms with van der Waals surface area (Å²) < 4.78 is 23.6. The van der Waals surface area contributed by atoms with E-state index >= 15 is 0 Å². The summed E-state index contributed by atoms with van der Waals surface area (Å²) in [4.78, 5) is 12.4. The molecule has 0 spiro atoms. The Labute approximate surface area is 167 Å². The van der Waals surface area contributed by atoms with Crippen LogP contribution in [-0.2, 0) is 9.84 Å². The van der Waals surface area contributed by atoms with E-state index in [4.69, 9.17) is 23.2 Å². The highest BCUT2D eigenvalue weighted by molar-refractivity contribution is 7.90. The number of likely N-dealkylation sites (N-methyl/N-ethyl adjacent to an activating group) is 1. The maximum absolute atomic E-state index is 11.8. The Morgan fingerprint density at radius 1 is 1.11 bits per heavy atom. The van der Waals surface area contributed by atoms with Gasteiger partial charge in [0.2, 0.25) is 0 Å². The smallest absolute Gasteiger partial charge is 0.407 e. The Bertz CT molecular complexity index is 949. The van der Waals surface area contributed by atoms with E-state index in [2.05, 4.69) is 0 Å². The maximum Gasteiger partial charge on any atom is 0.407 e. The maximum atomic E-state index is 11.8. The van der Waals surface area contributed by atoms with Crippen LogP contribution in [-0.4, -0.2) is 49.5 Å². The molecule has 146 valence electrons. The summed E-state index contributed by atoms with van der Waals surface area (Å²) in [7, 11) is -2.07. The molecule has 2 aromatic rings. The zero-order chi connectivity index (χ0) is 20.4. The number of hydrogen-bond donors (Lipinski definition) is 2. The first-order chi connectivity index (χ1) is 12.5. The summed E-state index contributed by atoms with van der Waals surface area (Å²) in [5, 5.41) is 20.7. The molecule has 2 atom stereocenters. The minimum Gasteiger partial charge on any atom is -0.465 e. The molecule has 1 amide bonds. The number of hydrogen-bond acceptors (Lipinski definition) is 4. The van der Waals surface area contributed by atoms with Gasteiger partial charge in [0.1, 0.15) is 0 Å². The number of halogens is 2. The van der Waals surface area contributed by atoms with E-state index in [9.17, 15) is 23.4 Å². The van der Waals surface area contributed by atoms with E-state index in [-0.39, 0.29) is 16.5 Å². The predicted octanol–water partition coefficient (Wildman–Crippen LogP) is 3.82. The molecule has 0 heterocycles. The van der Waals surface area contributed by atoms with Gasteiger partial charge in [-0.05, 0) is 35.4 Å². The van der Waals surface area contributed by atoms with E-state index in [0.717, 1.165) is 11.2 Å². The molecular weight excluding hydrogens is 413 g/mol. The predicted molar refractivity (Wildman–Crippen MR) is 104 cm³/mol. The molecule has 0 fully saturated rings. The van der Waals surface area contributed by atoms with Gasteiger partial charge < -0.3 is 15.1 Å². The fourth-order valence-corrected chi connectivity index (χ4v) is 3.65. The highest BCUT2D eigenvalue weighted by atomic mass is 35.5. The number of rotatable bonds is 6. The van der Waals surface area contributed by atoms with E-state index in [1.165, 1.54) is 25.2 Å². The highest BCUT2D eigenvalue weighted by Gasteiger charge is 2.27. The Hall–Kier alpha value is -1.80. The summed E-state index contributed by atoms with van der Waals surface area (Å²) in [5.41, 5.74) is 0.933. The van der Waals surface area contributed by atoms with Crippen molar-refractivity contribution in [3.8, 4) is 0 Å². The van der Waals surface area contributed by atoms with Crippen LogP contribution in [0.1, 0.15) is 23.1 Å². The van der Waals surface area contributed by atoms with Gasteiger partial charge in [-0.2, -0.15) is 0 Å². The van der Waals surface area contributed by atoms with Crippen molar-refractivity contribution in [2.24, 2.45) is 0 Å². The average molecular weight is 432 g/mol. The molecule has 6 nitrogen and oxygen atoms in total. The lowest BCUT2D eigenvalue weighted by molar-refractivity contribution is 0.113. The second kappa shape index (κ2) is 8.48. The molecule has 2 aromatic carbocycles. The minimum atomic E-state index is -3.45. The van der Waals surface area contributed by atoms with Crippen molar-refractivity contribution in [3.05, 3.63) is 63.6 Å². The lowest BCUT2D eigenvalue weighted by Gasteiger charge is -2.27. The third-order valence-corrected chi connectivity index (χ3v) is 6.03. The molecule has 0 saturated carbocycles. The van der Waals surface area contributed by atoms with Crippen LogP contribution in [0.4, 0.5) is 4.79 Å². The minimum absolute atomic E-state index is 0.0302. The van der Waals surface area contributed by atoms with Gasteiger partial charge in [-0.25, -0.2) is 13.2 Å². The molecule has 2 rings (SSSR count). The van der Waals surface area contributed by atoms with Gasteiger partial charge in [0.15, 0.2) is 9.84 Å². The number of amides is 1. The van der Waals surface area contributed by atoms with Crippen molar-refractivity contribution in [2.75, 3.05) is 19.8 Å². The van der Waals surface area contributed by atoms with Crippen molar-refractivity contribution in [1.29, 1.82) is 0 Å².